The van der Waals surface area contributed by atoms with Gasteiger partial charge in [-0.25, -0.2) is 0 Å². The zero-order valence-corrected chi connectivity index (χ0v) is 16.0. The van der Waals surface area contributed by atoms with E-state index < -0.39 is 12.1 Å². The lowest BCUT2D eigenvalue weighted by molar-refractivity contribution is -0.153. The molecule has 0 aliphatic carbocycles. The van der Waals surface area contributed by atoms with Gasteiger partial charge in [0.25, 0.3) is 0 Å². The summed E-state index contributed by atoms with van der Waals surface area (Å²) in [6.45, 7) is 3.23. The molecule has 1 aromatic carbocycles. The molecule has 28 heavy (non-hydrogen) atoms. The minimum atomic E-state index is -0.407. The maximum absolute atomic E-state index is 12.8. The molecular formula is C21H27N5O2. The van der Waals surface area contributed by atoms with E-state index in [4.69, 9.17) is 5.73 Å². The van der Waals surface area contributed by atoms with E-state index in [2.05, 4.69) is 33.4 Å². The Balaban J connectivity index is 1.44. The number of pyridine rings is 1. The molecule has 7 nitrogen and oxygen atoms in total. The summed E-state index contributed by atoms with van der Waals surface area (Å²) in [4.78, 5) is 34.0. The Bertz CT molecular complexity index is 865. The van der Waals surface area contributed by atoms with Crippen molar-refractivity contribution in [2.45, 2.75) is 37.9 Å². The molecule has 2 aliphatic heterocycles. The highest BCUT2D eigenvalue weighted by Gasteiger charge is 2.43. The molecule has 0 saturated carbocycles. The number of para-hydroxylation sites is 1. The lowest BCUT2D eigenvalue weighted by Gasteiger charge is -2.45. The number of aromatic nitrogens is 1. The standard InChI is InChI=1S/C21H27N5O2/c22-9-2-1-8-17-21(28)26-12-11-25(14-18(26)20(27)24-17)13-16-6-3-5-15-7-4-10-23-19(15)16/h3-7,10,17-18H,1-2,8-9,11-14,22H2,(H,24,27)/t17-,18+/m0/s1. The third-order valence-corrected chi connectivity index (χ3v) is 5.72. The Kier molecular flexibility index (Phi) is 5.54. The Morgan fingerprint density at radius 1 is 1.14 bits per heavy atom. The minimum Gasteiger partial charge on any atom is -0.342 e. The van der Waals surface area contributed by atoms with Crippen molar-refractivity contribution in [2.24, 2.45) is 5.73 Å². The monoisotopic (exact) mass is 381 g/mol. The SMILES string of the molecule is NCCCC[C@@H]1NC(=O)[C@H]2CN(Cc3cccc4cccnc34)CCN2C1=O. The van der Waals surface area contributed by atoms with Gasteiger partial charge in [0.15, 0.2) is 0 Å². The molecule has 3 N–H and O–H groups in total. The molecule has 0 spiro atoms. The maximum Gasteiger partial charge on any atom is 0.245 e. The molecule has 2 fully saturated rings. The summed E-state index contributed by atoms with van der Waals surface area (Å²) >= 11 is 0. The smallest absolute Gasteiger partial charge is 0.245 e. The van der Waals surface area contributed by atoms with Crippen molar-refractivity contribution >= 4 is 22.7 Å². The summed E-state index contributed by atoms with van der Waals surface area (Å²) in [5.74, 6) is 0.00573. The van der Waals surface area contributed by atoms with E-state index >= 15 is 0 Å². The van der Waals surface area contributed by atoms with Crippen molar-refractivity contribution in [1.82, 2.24) is 20.1 Å². The average molecular weight is 381 g/mol. The van der Waals surface area contributed by atoms with E-state index in [1.807, 2.05) is 18.3 Å². The van der Waals surface area contributed by atoms with Crippen LogP contribution >= 0.6 is 0 Å². The number of hydrogen-bond acceptors (Lipinski definition) is 5. The zero-order valence-electron chi connectivity index (χ0n) is 16.0. The van der Waals surface area contributed by atoms with Crippen LogP contribution in [0.1, 0.15) is 24.8 Å². The molecule has 2 saturated heterocycles. The van der Waals surface area contributed by atoms with Crippen LogP contribution < -0.4 is 11.1 Å². The molecule has 4 rings (SSSR count). The Morgan fingerprint density at radius 3 is 2.86 bits per heavy atom. The number of rotatable bonds is 6. The van der Waals surface area contributed by atoms with E-state index in [9.17, 15) is 9.59 Å². The molecule has 3 heterocycles. The largest absolute Gasteiger partial charge is 0.342 e. The highest BCUT2D eigenvalue weighted by Crippen LogP contribution is 2.22. The summed E-state index contributed by atoms with van der Waals surface area (Å²) in [6, 6.07) is 9.37. The van der Waals surface area contributed by atoms with Crippen LogP contribution in [0.5, 0.6) is 0 Å². The Labute approximate surface area is 164 Å². The van der Waals surface area contributed by atoms with Gasteiger partial charge in [-0.3, -0.25) is 19.5 Å². The van der Waals surface area contributed by atoms with Crippen LogP contribution in [0.2, 0.25) is 0 Å². The molecule has 2 amide bonds. The third-order valence-electron chi connectivity index (χ3n) is 5.72. The molecule has 2 atom stereocenters. The van der Waals surface area contributed by atoms with Gasteiger partial charge in [-0.1, -0.05) is 24.3 Å². The normalized spacial score (nSPS) is 23.0. The average Bonchev–Trinajstić information content (AvgIpc) is 2.72. The third kappa shape index (κ3) is 3.72. The molecule has 0 bridgehead atoms. The molecule has 0 unspecified atom stereocenters. The fourth-order valence-electron chi connectivity index (χ4n) is 4.23. The zero-order chi connectivity index (χ0) is 19.5. The van der Waals surface area contributed by atoms with E-state index in [1.165, 1.54) is 0 Å². The fourth-order valence-corrected chi connectivity index (χ4v) is 4.23. The van der Waals surface area contributed by atoms with Crippen LogP contribution in [0.3, 0.4) is 0 Å². The van der Waals surface area contributed by atoms with Gasteiger partial charge in [0, 0.05) is 37.8 Å². The maximum atomic E-state index is 12.8. The number of nitrogens with one attached hydrogen (secondary N) is 1. The van der Waals surface area contributed by atoms with Gasteiger partial charge in [-0.15, -0.1) is 0 Å². The first-order valence-electron chi connectivity index (χ1n) is 10.0. The Morgan fingerprint density at radius 2 is 2.00 bits per heavy atom. The number of carbonyl (C=O) groups excluding carboxylic acids is 2. The fraction of sp³-hybridized carbons (Fsp3) is 0.476. The summed E-state index contributed by atoms with van der Waals surface area (Å²) < 4.78 is 0. The molecule has 2 aromatic rings. The first kappa shape index (κ1) is 18.8. The van der Waals surface area contributed by atoms with E-state index in [1.54, 1.807) is 4.90 Å². The topological polar surface area (TPSA) is 91.6 Å². The van der Waals surface area contributed by atoms with Gasteiger partial charge in [-0.05, 0) is 37.4 Å². The van der Waals surface area contributed by atoms with Crippen molar-refractivity contribution in [2.75, 3.05) is 26.2 Å². The number of nitrogens with zero attached hydrogens (tertiary/aromatic N) is 3. The van der Waals surface area contributed by atoms with Crippen molar-refractivity contribution in [3.8, 4) is 0 Å². The number of amides is 2. The van der Waals surface area contributed by atoms with Crippen LogP contribution in [0.15, 0.2) is 36.5 Å². The van der Waals surface area contributed by atoms with Crippen LogP contribution in [0.25, 0.3) is 10.9 Å². The van der Waals surface area contributed by atoms with Gasteiger partial charge in [-0.2, -0.15) is 0 Å². The van der Waals surface area contributed by atoms with Gasteiger partial charge < -0.3 is 16.0 Å². The summed E-state index contributed by atoms with van der Waals surface area (Å²) in [5.41, 5.74) is 7.68. The van der Waals surface area contributed by atoms with Crippen LogP contribution in [-0.4, -0.2) is 64.9 Å². The highest BCUT2D eigenvalue weighted by atomic mass is 16.2. The summed E-state index contributed by atoms with van der Waals surface area (Å²) in [7, 11) is 0. The van der Waals surface area contributed by atoms with Gasteiger partial charge >= 0.3 is 0 Å². The van der Waals surface area contributed by atoms with Crippen LogP contribution in [0.4, 0.5) is 0 Å². The first-order valence-corrected chi connectivity index (χ1v) is 10.0. The van der Waals surface area contributed by atoms with Gasteiger partial charge in [0.05, 0.1) is 5.52 Å². The number of hydrogen-bond donors (Lipinski definition) is 2. The summed E-state index contributed by atoms with van der Waals surface area (Å²) in [5, 5.41) is 4.04. The quantitative estimate of drug-likeness (QED) is 0.725. The van der Waals surface area contributed by atoms with Crippen molar-refractivity contribution < 1.29 is 9.59 Å². The van der Waals surface area contributed by atoms with E-state index in [0.717, 1.165) is 42.4 Å². The van der Waals surface area contributed by atoms with Crippen LogP contribution in [0, 0.1) is 0 Å². The van der Waals surface area contributed by atoms with Crippen molar-refractivity contribution in [1.29, 1.82) is 0 Å². The number of piperazine rings is 2. The molecule has 7 heteroatoms. The van der Waals surface area contributed by atoms with Crippen LogP contribution in [-0.2, 0) is 16.1 Å². The number of unbranched alkanes of at least 4 members (excludes halogenated alkanes) is 1. The molecule has 148 valence electrons. The summed E-state index contributed by atoms with van der Waals surface area (Å²) in [6.07, 6.45) is 4.19. The second-order valence-corrected chi connectivity index (χ2v) is 7.62. The second kappa shape index (κ2) is 8.24. The predicted octanol–water partition coefficient (Wildman–Crippen LogP) is 0.875. The lowest BCUT2D eigenvalue weighted by Crippen LogP contribution is -2.69. The van der Waals surface area contributed by atoms with Gasteiger partial charge in [0.1, 0.15) is 12.1 Å². The Hall–Kier alpha value is -2.51. The predicted molar refractivity (Wildman–Crippen MR) is 107 cm³/mol. The highest BCUT2D eigenvalue weighted by molar-refractivity contribution is 5.97. The molecule has 0 radical (unpaired) electrons. The number of benzene rings is 1. The molecule has 2 aliphatic rings. The molecule has 1 aromatic heterocycles. The molecular weight excluding hydrogens is 354 g/mol. The van der Waals surface area contributed by atoms with E-state index in [-0.39, 0.29) is 11.8 Å². The van der Waals surface area contributed by atoms with Crippen molar-refractivity contribution in [3.05, 3.63) is 42.1 Å². The number of fused-ring (bicyclic) bond motifs is 2. The minimum absolute atomic E-state index is 0.0434. The first-order chi connectivity index (χ1) is 13.7. The lowest BCUT2D eigenvalue weighted by atomic mass is 9.99. The number of nitrogens with two attached hydrogens (primary N) is 1. The van der Waals surface area contributed by atoms with Crippen molar-refractivity contribution in [3.63, 3.8) is 0 Å². The second-order valence-electron chi connectivity index (χ2n) is 7.62. The van der Waals surface area contributed by atoms with E-state index in [0.29, 0.717) is 26.1 Å². The number of carbonyl (C=O) groups is 2. The van der Waals surface area contributed by atoms with Gasteiger partial charge in [0.2, 0.25) is 11.8 Å².